The lowest BCUT2D eigenvalue weighted by Crippen LogP contribution is -2.37. The van der Waals surface area contributed by atoms with Crippen LogP contribution in [0, 0.1) is 11.3 Å². The van der Waals surface area contributed by atoms with Crippen LogP contribution in [0.25, 0.3) is 0 Å². The largest absolute Gasteiger partial charge is 0.481 e. The molecular formula is C15H29NO2. The van der Waals surface area contributed by atoms with Gasteiger partial charge in [0.25, 0.3) is 0 Å². The number of carbonyl (C=O) groups is 1. The summed E-state index contributed by atoms with van der Waals surface area (Å²) in [6, 6.07) is 0. The van der Waals surface area contributed by atoms with Crippen molar-refractivity contribution in [1.29, 1.82) is 0 Å². The lowest BCUT2D eigenvalue weighted by molar-refractivity contribution is -0.137. The minimum atomic E-state index is -0.653. The predicted octanol–water partition coefficient (Wildman–Crippen LogP) is 3.39. The number of aliphatic carboxylic acids is 1. The predicted molar refractivity (Wildman–Crippen MR) is 74.7 cm³/mol. The molecule has 0 aromatic carbocycles. The molecule has 1 aliphatic rings. The average molecular weight is 255 g/mol. The van der Waals surface area contributed by atoms with Crippen LogP contribution in [-0.4, -0.2) is 35.6 Å². The van der Waals surface area contributed by atoms with Crippen LogP contribution in [-0.2, 0) is 4.79 Å². The third-order valence-electron chi connectivity index (χ3n) is 4.43. The molecule has 18 heavy (non-hydrogen) atoms. The molecule has 1 aliphatic heterocycles. The Morgan fingerprint density at radius 2 is 2.17 bits per heavy atom. The van der Waals surface area contributed by atoms with E-state index in [-0.39, 0.29) is 0 Å². The quantitative estimate of drug-likeness (QED) is 0.758. The van der Waals surface area contributed by atoms with Crippen LogP contribution in [0.1, 0.15) is 59.3 Å². The third-order valence-corrected chi connectivity index (χ3v) is 4.43. The topological polar surface area (TPSA) is 40.5 Å². The number of nitrogens with zero attached hydrogens (tertiary/aromatic N) is 1. The zero-order valence-electron chi connectivity index (χ0n) is 12.2. The number of rotatable bonds is 7. The Labute approximate surface area is 112 Å². The molecule has 106 valence electrons. The zero-order chi connectivity index (χ0) is 13.6. The molecule has 1 unspecified atom stereocenters. The lowest BCUT2D eigenvalue weighted by Gasteiger charge is -2.35. The highest BCUT2D eigenvalue weighted by atomic mass is 16.4. The van der Waals surface area contributed by atoms with Gasteiger partial charge >= 0.3 is 5.97 Å². The molecule has 0 aromatic heterocycles. The van der Waals surface area contributed by atoms with E-state index in [1.54, 1.807) is 0 Å². The number of carboxylic acid groups (broad SMARTS) is 1. The van der Waals surface area contributed by atoms with E-state index in [4.69, 9.17) is 5.11 Å². The van der Waals surface area contributed by atoms with Gasteiger partial charge in [0.15, 0.2) is 0 Å². The van der Waals surface area contributed by atoms with Gasteiger partial charge in [-0.3, -0.25) is 4.79 Å². The minimum absolute atomic E-state index is 0.332. The van der Waals surface area contributed by atoms with Crippen molar-refractivity contribution < 1.29 is 9.90 Å². The number of likely N-dealkylation sites (tertiary alicyclic amines) is 1. The summed E-state index contributed by atoms with van der Waals surface area (Å²) in [7, 11) is 0. The van der Waals surface area contributed by atoms with Crippen LogP contribution >= 0.6 is 0 Å². The maximum Gasteiger partial charge on any atom is 0.303 e. The number of hydrogen-bond acceptors (Lipinski definition) is 2. The van der Waals surface area contributed by atoms with Crippen molar-refractivity contribution in [2.75, 3.05) is 19.6 Å². The van der Waals surface area contributed by atoms with Crippen molar-refractivity contribution in [3.8, 4) is 0 Å². The summed E-state index contributed by atoms with van der Waals surface area (Å²) in [4.78, 5) is 13.1. The van der Waals surface area contributed by atoms with Crippen molar-refractivity contribution in [2.45, 2.75) is 59.3 Å². The summed E-state index contributed by atoms with van der Waals surface area (Å²) in [6.07, 6.45) is 6.10. The molecule has 1 N–H and O–H groups in total. The van der Waals surface area contributed by atoms with E-state index < -0.39 is 5.97 Å². The van der Waals surface area contributed by atoms with Crippen molar-refractivity contribution in [1.82, 2.24) is 4.90 Å². The summed E-state index contributed by atoms with van der Waals surface area (Å²) in [5.41, 5.74) is 0.439. The third kappa shape index (κ3) is 5.85. The molecule has 0 radical (unpaired) electrons. The summed E-state index contributed by atoms with van der Waals surface area (Å²) in [5, 5.41) is 8.74. The van der Waals surface area contributed by atoms with E-state index >= 15 is 0 Å². The van der Waals surface area contributed by atoms with Crippen molar-refractivity contribution in [3.05, 3.63) is 0 Å². The Balaban J connectivity index is 2.28. The molecule has 0 aromatic rings. The summed E-state index contributed by atoms with van der Waals surface area (Å²) in [6.45, 7) is 10.4. The second-order valence-corrected chi connectivity index (χ2v) is 6.51. The molecule has 3 nitrogen and oxygen atoms in total. The van der Waals surface area contributed by atoms with Gasteiger partial charge in [0.2, 0.25) is 0 Å². The van der Waals surface area contributed by atoms with Crippen molar-refractivity contribution in [3.63, 3.8) is 0 Å². The van der Waals surface area contributed by atoms with Gasteiger partial charge in [-0.15, -0.1) is 0 Å². The molecule has 3 heteroatoms. The molecule has 1 atom stereocenters. The maximum absolute atomic E-state index is 10.6. The van der Waals surface area contributed by atoms with Gasteiger partial charge in [0.05, 0.1) is 0 Å². The minimum Gasteiger partial charge on any atom is -0.481 e. The first-order valence-electron chi connectivity index (χ1n) is 7.37. The van der Waals surface area contributed by atoms with Crippen LogP contribution < -0.4 is 0 Å². The van der Waals surface area contributed by atoms with E-state index in [2.05, 4.69) is 25.7 Å². The van der Waals surface area contributed by atoms with Crippen LogP contribution in [0.3, 0.4) is 0 Å². The van der Waals surface area contributed by atoms with Gasteiger partial charge in [0, 0.05) is 13.0 Å². The number of hydrogen-bond donors (Lipinski definition) is 1. The van der Waals surface area contributed by atoms with Crippen molar-refractivity contribution in [2.24, 2.45) is 11.3 Å². The average Bonchev–Trinajstić information content (AvgIpc) is 2.35. The fourth-order valence-electron chi connectivity index (χ4n) is 2.56. The molecule has 0 spiro atoms. The first-order chi connectivity index (χ1) is 8.43. The maximum atomic E-state index is 10.6. The van der Waals surface area contributed by atoms with E-state index in [9.17, 15) is 4.79 Å². The standard InChI is InChI=1S/C15H29NO2/c1-4-15(2,3)9-11-16-10-5-6-13(12-16)7-8-14(17)18/h13H,4-12H2,1-3H3,(H,17,18). The number of piperidine rings is 1. The highest BCUT2D eigenvalue weighted by Crippen LogP contribution is 2.27. The van der Waals surface area contributed by atoms with E-state index in [1.165, 1.54) is 38.8 Å². The Morgan fingerprint density at radius 3 is 2.78 bits per heavy atom. The monoisotopic (exact) mass is 255 g/mol. The molecule has 1 saturated heterocycles. The highest BCUT2D eigenvalue weighted by Gasteiger charge is 2.22. The van der Waals surface area contributed by atoms with Gasteiger partial charge in [-0.25, -0.2) is 0 Å². The van der Waals surface area contributed by atoms with E-state index in [0.29, 0.717) is 17.8 Å². The first-order valence-corrected chi connectivity index (χ1v) is 7.37. The fourth-order valence-corrected chi connectivity index (χ4v) is 2.56. The molecule has 1 rings (SSSR count). The van der Waals surface area contributed by atoms with Crippen LogP contribution in [0.4, 0.5) is 0 Å². The molecular weight excluding hydrogens is 226 g/mol. The summed E-state index contributed by atoms with van der Waals surface area (Å²) in [5.74, 6) is -0.0566. The molecule has 1 fully saturated rings. The van der Waals surface area contributed by atoms with Crippen LogP contribution in [0.15, 0.2) is 0 Å². The SMILES string of the molecule is CCC(C)(C)CCN1CCCC(CCC(=O)O)C1. The van der Waals surface area contributed by atoms with Crippen LogP contribution in [0.2, 0.25) is 0 Å². The highest BCUT2D eigenvalue weighted by molar-refractivity contribution is 5.66. The van der Waals surface area contributed by atoms with Gasteiger partial charge in [-0.05, 0) is 50.1 Å². The van der Waals surface area contributed by atoms with Gasteiger partial charge in [-0.2, -0.15) is 0 Å². The van der Waals surface area contributed by atoms with Crippen molar-refractivity contribution >= 4 is 5.97 Å². The Hall–Kier alpha value is -0.570. The Morgan fingerprint density at radius 1 is 1.44 bits per heavy atom. The summed E-state index contributed by atoms with van der Waals surface area (Å²) >= 11 is 0. The van der Waals surface area contributed by atoms with Crippen LogP contribution in [0.5, 0.6) is 0 Å². The van der Waals surface area contributed by atoms with Gasteiger partial charge in [0.1, 0.15) is 0 Å². The summed E-state index contributed by atoms with van der Waals surface area (Å²) < 4.78 is 0. The Kier molecular flexibility index (Phi) is 6.13. The Bertz CT molecular complexity index is 263. The normalized spacial score (nSPS) is 22.1. The molecule has 1 heterocycles. The smallest absolute Gasteiger partial charge is 0.303 e. The van der Waals surface area contributed by atoms with Gasteiger partial charge < -0.3 is 10.0 Å². The van der Waals surface area contributed by atoms with Gasteiger partial charge in [-0.1, -0.05) is 27.2 Å². The molecule has 0 bridgehead atoms. The van der Waals surface area contributed by atoms with E-state index in [1.807, 2.05) is 0 Å². The second-order valence-electron chi connectivity index (χ2n) is 6.51. The van der Waals surface area contributed by atoms with E-state index in [0.717, 1.165) is 13.0 Å². The molecule has 0 saturated carbocycles. The molecule has 0 amide bonds. The first kappa shape index (κ1) is 15.5. The lowest BCUT2D eigenvalue weighted by atomic mass is 9.85. The fraction of sp³-hybridized carbons (Fsp3) is 0.933. The molecule has 0 aliphatic carbocycles. The number of carboxylic acids is 1. The zero-order valence-corrected chi connectivity index (χ0v) is 12.2. The second kappa shape index (κ2) is 7.13.